The second kappa shape index (κ2) is 7.57. The predicted molar refractivity (Wildman–Crippen MR) is 101 cm³/mol. The van der Waals surface area contributed by atoms with Crippen molar-refractivity contribution in [2.45, 2.75) is 6.54 Å². The van der Waals surface area contributed by atoms with Gasteiger partial charge in [-0.25, -0.2) is 9.97 Å². The average molecular weight is 374 g/mol. The molecule has 26 heavy (non-hydrogen) atoms. The molecule has 3 heterocycles. The summed E-state index contributed by atoms with van der Waals surface area (Å²) in [6, 6.07) is 7.96. The summed E-state index contributed by atoms with van der Waals surface area (Å²) in [6.45, 7) is 4.20. The Bertz CT molecular complexity index is 908. The molecule has 1 aliphatic rings. The van der Waals surface area contributed by atoms with E-state index in [1.807, 2.05) is 23.0 Å². The molecule has 1 aliphatic heterocycles. The molecular formula is C18H20ClN5O2. The lowest BCUT2D eigenvalue weighted by Gasteiger charge is -2.27. The molecule has 0 N–H and O–H groups in total. The van der Waals surface area contributed by atoms with Gasteiger partial charge in [-0.2, -0.15) is 5.10 Å². The maximum Gasteiger partial charge on any atom is 0.227 e. The van der Waals surface area contributed by atoms with E-state index in [0.29, 0.717) is 37.5 Å². The summed E-state index contributed by atoms with van der Waals surface area (Å²) in [5, 5.41) is 5.95. The highest BCUT2D eigenvalue weighted by Gasteiger charge is 2.16. The second-order valence-electron chi connectivity index (χ2n) is 6.11. The van der Waals surface area contributed by atoms with Gasteiger partial charge in [-0.1, -0.05) is 23.7 Å². The van der Waals surface area contributed by atoms with Crippen molar-refractivity contribution >= 4 is 28.5 Å². The van der Waals surface area contributed by atoms with Crippen molar-refractivity contribution in [3.63, 3.8) is 0 Å². The number of methoxy groups -OCH3 is 1. The minimum absolute atomic E-state index is 0.435. The number of morpholine rings is 1. The third-order valence-electron chi connectivity index (χ3n) is 4.42. The summed E-state index contributed by atoms with van der Waals surface area (Å²) in [4.78, 5) is 11.2. The Labute approximate surface area is 156 Å². The number of hydrogen-bond acceptors (Lipinski definition) is 6. The lowest BCUT2D eigenvalue weighted by molar-refractivity contribution is 0.122. The lowest BCUT2D eigenvalue weighted by Crippen LogP contribution is -2.37. The highest BCUT2D eigenvalue weighted by Crippen LogP contribution is 2.26. The van der Waals surface area contributed by atoms with Crippen molar-refractivity contribution in [3.8, 4) is 11.3 Å². The number of hydrogen-bond donors (Lipinski definition) is 0. The van der Waals surface area contributed by atoms with E-state index in [1.54, 1.807) is 13.2 Å². The molecule has 136 valence electrons. The van der Waals surface area contributed by atoms with Gasteiger partial charge in [0.2, 0.25) is 5.95 Å². The zero-order chi connectivity index (χ0) is 17.9. The van der Waals surface area contributed by atoms with E-state index in [0.717, 1.165) is 35.2 Å². The fourth-order valence-corrected chi connectivity index (χ4v) is 3.22. The van der Waals surface area contributed by atoms with Crippen molar-refractivity contribution in [2.75, 3.05) is 44.9 Å². The first-order chi connectivity index (χ1) is 12.7. The van der Waals surface area contributed by atoms with Gasteiger partial charge in [-0.15, -0.1) is 0 Å². The van der Waals surface area contributed by atoms with Crippen LogP contribution in [0.25, 0.3) is 22.2 Å². The number of fused-ring (bicyclic) bond motifs is 1. The third-order valence-corrected chi connectivity index (χ3v) is 4.62. The molecule has 0 atom stereocenters. The number of rotatable bonds is 5. The molecule has 0 unspecified atom stereocenters. The minimum atomic E-state index is 0.435. The zero-order valence-corrected chi connectivity index (χ0v) is 15.3. The van der Waals surface area contributed by atoms with Gasteiger partial charge in [-0.05, 0) is 6.07 Å². The van der Waals surface area contributed by atoms with Crippen LogP contribution in [0.2, 0.25) is 5.15 Å². The highest BCUT2D eigenvalue weighted by atomic mass is 35.5. The van der Waals surface area contributed by atoms with Gasteiger partial charge in [0, 0.05) is 37.2 Å². The molecule has 0 aliphatic carbocycles. The van der Waals surface area contributed by atoms with Gasteiger partial charge in [0.05, 0.1) is 43.8 Å². The van der Waals surface area contributed by atoms with Crippen LogP contribution < -0.4 is 4.90 Å². The van der Waals surface area contributed by atoms with Crippen molar-refractivity contribution < 1.29 is 9.47 Å². The third kappa shape index (κ3) is 3.51. The molecule has 1 aromatic carbocycles. The summed E-state index contributed by atoms with van der Waals surface area (Å²) in [7, 11) is 1.69. The maximum absolute atomic E-state index is 6.27. The van der Waals surface area contributed by atoms with Crippen LogP contribution in [0.15, 0.2) is 30.5 Å². The van der Waals surface area contributed by atoms with Crippen molar-refractivity contribution in [2.24, 2.45) is 0 Å². The van der Waals surface area contributed by atoms with Gasteiger partial charge >= 0.3 is 0 Å². The monoisotopic (exact) mass is 373 g/mol. The molecule has 0 bridgehead atoms. The standard InChI is InChI=1S/C18H20ClN5O2/c1-25-7-6-24-16-10-13(2-3-14(16)12-20-24)15-11-17(19)22-18(21-15)23-4-8-26-9-5-23/h2-3,10-12H,4-9H2,1H3. The molecule has 8 heteroatoms. The van der Waals surface area contributed by atoms with Gasteiger partial charge in [-0.3, -0.25) is 4.68 Å². The summed E-state index contributed by atoms with van der Waals surface area (Å²) in [6.07, 6.45) is 1.86. The van der Waals surface area contributed by atoms with Crippen LogP contribution in [0.3, 0.4) is 0 Å². The number of anilines is 1. The van der Waals surface area contributed by atoms with Crippen LogP contribution in [0, 0.1) is 0 Å². The van der Waals surface area contributed by atoms with E-state index in [1.165, 1.54) is 0 Å². The minimum Gasteiger partial charge on any atom is -0.383 e. The molecule has 1 fully saturated rings. The fourth-order valence-electron chi connectivity index (χ4n) is 3.04. The molecule has 4 rings (SSSR count). The smallest absolute Gasteiger partial charge is 0.227 e. The van der Waals surface area contributed by atoms with Crippen molar-refractivity contribution in [1.29, 1.82) is 0 Å². The summed E-state index contributed by atoms with van der Waals surface area (Å²) >= 11 is 6.27. The van der Waals surface area contributed by atoms with Crippen LogP contribution in [-0.2, 0) is 16.0 Å². The first-order valence-corrected chi connectivity index (χ1v) is 8.94. The molecular weight excluding hydrogens is 354 g/mol. The molecule has 0 radical (unpaired) electrons. The fraction of sp³-hybridized carbons (Fsp3) is 0.389. The quantitative estimate of drug-likeness (QED) is 0.640. The number of halogens is 1. The van der Waals surface area contributed by atoms with Crippen LogP contribution in [0.5, 0.6) is 0 Å². The largest absolute Gasteiger partial charge is 0.383 e. The Balaban J connectivity index is 1.71. The lowest BCUT2D eigenvalue weighted by atomic mass is 10.1. The van der Waals surface area contributed by atoms with Gasteiger partial charge < -0.3 is 14.4 Å². The SMILES string of the molecule is COCCn1ncc2ccc(-c3cc(Cl)nc(N4CCOCC4)n3)cc21. The van der Waals surface area contributed by atoms with Crippen molar-refractivity contribution in [3.05, 3.63) is 35.6 Å². The van der Waals surface area contributed by atoms with E-state index in [4.69, 9.17) is 26.1 Å². The number of benzene rings is 1. The Kier molecular flexibility index (Phi) is 5.01. The average Bonchev–Trinajstić information content (AvgIpc) is 3.09. The van der Waals surface area contributed by atoms with Crippen LogP contribution in [-0.4, -0.2) is 59.8 Å². The normalized spacial score (nSPS) is 14.9. The number of aromatic nitrogens is 4. The first-order valence-electron chi connectivity index (χ1n) is 8.57. The first kappa shape index (κ1) is 17.2. The Morgan fingerprint density at radius 2 is 2.04 bits per heavy atom. The number of nitrogens with zero attached hydrogens (tertiary/aromatic N) is 5. The Hall–Kier alpha value is -2.22. The van der Waals surface area contributed by atoms with E-state index in [9.17, 15) is 0 Å². The van der Waals surface area contributed by atoms with Gasteiger partial charge in [0.1, 0.15) is 5.15 Å². The maximum atomic E-state index is 6.27. The number of ether oxygens (including phenoxy) is 2. The summed E-state index contributed by atoms with van der Waals surface area (Å²) in [5.41, 5.74) is 2.82. The summed E-state index contributed by atoms with van der Waals surface area (Å²) in [5.74, 6) is 0.642. The molecule has 1 saturated heterocycles. The second-order valence-corrected chi connectivity index (χ2v) is 6.50. The van der Waals surface area contributed by atoms with E-state index < -0.39 is 0 Å². The zero-order valence-electron chi connectivity index (χ0n) is 14.6. The predicted octanol–water partition coefficient (Wildman–Crippen LogP) is 2.63. The van der Waals surface area contributed by atoms with E-state index >= 15 is 0 Å². The topological polar surface area (TPSA) is 65.3 Å². The van der Waals surface area contributed by atoms with E-state index in [2.05, 4.69) is 21.0 Å². The Morgan fingerprint density at radius 1 is 1.19 bits per heavy atom. The van der Waals surface area contributed by atoms with Crippen LogP contribution in [0.4, 0.5) is 5.95 Å². The molecule has 2 aromatic heterocycles. The molecule has 0 amide bonds. The molecule has 7 nitrogen and oxygen atoms in total. The molecule has 0 saturated carbocycles. The molecule has 3 aromatic rings. The van der Waals surface area contributed by atoms with E-state index in [-0.39, 0.29) is 0 Å². The molecule has 0 spiro atoms. The Morgan fingerprint density at radius 3 is 2.85 bits per heavy atom. The summed E-state index contributed by atoms with van der Waals surface area (Å²) < 4.78 is 12.5. The van der Waals surface area contributed by atoms with Crippen molar-refractivity contribution in [1.82, 2.24) is 19.7 Å². The van der Waals surface area contributed by atoms with Gasteiger partial charge in [0.25, 0.3) is 0 Å². The van der Waals surface area contributed by atoms with Gasteiger partial charge in [0.15, 0.2) is 0 Å². The van der Waals surface area contributed by atoms with Crippen LogP contribution in [0.1, 0.15) is 0 Å². The highest BCUT2D eigenvalue weighted by molar-refractivity contribution is 6.29. The van der Waals surface area contributed by atoms with Crippen LogP contribution >= 0.6 is 11.6 Å².